The largest absolute Gasteiger partial charge is 0.385 e. The monoisotopic (exact) mass is 496 g/mol. The summed E-state index contributed by atoms with van der Waals surface area (Å²) in [7, 11) is 0. The van der Waals surface area contributed by atoms with E-state index in [1.165, 1.54) is 5.57 Å². The topological polar surface area (TPSA) is 117 Å². The normalized spacial score (nSPS) is 38.5. The van der Waals surface area contributed by atoms with Crippen molar-refractivity contribution in [2.24, 2.45) is 33.7 Å². The molecule has 1 amide bonds. The predicted molar refractivity (Wildman–Crippen MR) is 136 cm³/mol. The molecule has 0 saturated heterocycles. The number of carbonyl (C=O) groups excluding carboxylic acids is 2. The molecule has 5 rings (SSSR count). The minimum atomic E-state index is -1.16. The molecule has 0 aliphatic heterocycles. The number of hydrogen-bond donors (Lipinski definition) is 3. The van der Waals surface area contributed by atoms with E-state index in [9.17, 15) is 14.7 Å². The first-order chi connectivity index (χ1) is 17.2. The third-order valence-electron chi connectivity index (χ3n) is 10.4. The van der Waals surface area contributed by atoms with Crippen molar-refractivity contribution in [2.75, 3.05) is 13.2 Å². The lowest BCUT2D eigenvalue weighted by Crippen LogP contribution is -2.57. The number of oxime groups is 1. The van der Waals surface area contributed by atoms with E-state index in [1.807, 2.05) is 0 Å². The van der Waals surface area contributed by atoms with E-state index < -0.39 is 5.60 Å². The van der Waals surface area contributed by atoms with Gasteiger partial charge in [0.25, 0.3) is 5.91 Å². The van der Waals surface area contributed by atoms with Crippen LogP contribution in [0.5, 0.6) is 0 Å². The van der Waals surface area contributed by atoms with E-state index in [-0.39, 0.29) is 29.1 Å². The second-order valence-corrected chi connectivity index (χ2v) is 11.9. The Morgan fingerprint density at radius 2 is 2.00 bits per heavy atom. The molecule has 6 atom stereocenters. The Kier molecular flexibility index (Phi) is 6.60. The Labute approximate surface area is 213 Å². The lowest BCUT2D eigenvalue weighted by molar-refractivity contribution is -0.159. The highest BCUT2D eigenvalue weighted by Crippen LogP contribution is 2.67. The average molecular weight is 497 g/mol. The molecule has 3 saturated carbocycles. The van der Waals surface area contributed by atoms with Crippen LogP contribution in [0.4, 0.5) is 0 Å². The second kappa shape index (κ2) is 9.43. The van der Waals surface area contributed by atoms with Crippen LogP contribution in [0.15, 0.2) is 29.3 Å². The number of aromatic nitrogens is 2. The fourth-order valence-electron chi connectivity index (χ4n) is 8.22. The molecule has 3 N–H and O–H groups in total. The number of ketones is 1. The highest BCUT2D eigenvalue weighted by molar-refractivity contribution is 5.96. The summed E-state index contributed by atoms with van der Waals surface area (Å²) in [4.78, 5) is 36.9. The van der Waals surface area contributed by atoms with Crippen molar-refractivity contribution < 1.29 is 19.5 Å². The number of rotatable bonds is 7. The third-order valence-corrected chi connectivity index (χ3v) is 10.4. The first-order valence-electron chi connectivity index (χ1n) is 13.5. The van der Waals surface area contributed by atoms with Gasteiger partial charge in [0.2, 0.25) is 0 Å². The van der Waals surface area contributed by atoms with Crippen LogP contribution in [0.2, 0.25) is 0 Å². The number of allylic oxidation sites excluding steroid dienone is 2. The van der Waals surface area contributed by atoms with E-state index in [0.717, 1.165) is 56.4 Å². The van der Waals surface area contributed by atoms with Crippen LogP contribution < -0.4 is 5.32 Å². The van der Waals surface area contributed by atoms with Crippen LogP contribution in [0.3, 0.4) is 0 Å². The Hall–Kier alpha value is -2.48. The van der Waals surface area contributed by atoms with Crippen molar-refractivity contribution in [1.29, 1.82) is 0 Å². The summed E-state index contributed by atoms with van der Waals surface area (Å²) in [5, 5.41) is 18.5. The molecule has 3 unspecified atom stereocenters. The molecule has 196 valence electrons. The van der Waals surface area contributed by atoms with Gasteiger partial charge in [-0.05, 0) is 87.5 Å². The summed E-state index contributed by atoms with van der Waals surface area (Å²) in [5.41, 5.74) is 2.02. The Morgan fingerprint density at radius 3 is 2.75 bits per heavy atom. The lowest BCUT2D eigenvalue weighted by Gasteiger charge is -2.59. The summed E-state index contributed by atoms with van der Waals surface area (Å²) >= 11 is 0. The maximum Gasteiger partial charge on any atom is 0.260 e. The standard InChI is InChI=1S/C28H40N4O4/c1-18(33)28(35)12-8-24-22-5-4-19-14-20(6-10-26(19,2)23(22)7-11-27(24,28)3)32-36-16-25(34)30-13-9-21-15-29-17-31-21/h14-15,17,22-24,35H,4-13,16H2,1-3H3,(H,29,31)(H,30,34)/b32-20-/t22?,23?,24?,26-,27-,28-/m0/s1. The van der Waals surface area contributed by atoms with Gasteiger partial charge in [0.15, 0.2) is 12.4 Å². The minimum absolute atomic E-state index is 0.0569. The highest BCUT2D eigenvalue weighted by Gasteiger charge is 2.65. The van der Waals surface area contributed by atoms with Gasteiger partial charge in [0.1, 0.15) is 5.60 Å². The van der Waals surface area contributed by atoms with E-state index in [1.54, 1.807) is 19.4 Å². The quantitative estimate of drug-likeness (QED) is 0.498. The zero-order chi connectivity index (χ0) is 25.6. The molecule has 3 fully saturated rings. The van der Waals surface area contributed by atoms with Gasteiger partial charge in [0.05, 0.1) is 12.0 Å². The molecule has 1 aromatic rings. The van der Waals surface area contributed by atoms with Gasteiger partial charge in [-0.3, -0.25) is 9.59 Å². The maximum atomic E-state index is 12.4. The number of hydrogen-bond acceptors (Lipinski definition) is 6. The van der Waals surface area contributed by atoms with Crippen molar-refractivity contribution in [3.8, 4) is 0 Å². The molecule has 1 aromatic heterocycles. The van der Waals surface area contributed by atoms with Gasteiger partial charge >= 0.3 is 0 Å². The van der Waals surface area contributed by atoms with Gasteiger partial charge in [-0.25, -0.2) is 4.98 Å². The van der Waals surface area contributed by atoms with E-state index in [4.69, 9.17) is 4.84 Å². The minimum Gasteiger partial charge on any atom is -0.385 e. The molecule has 0 spiro atoms. The number of carbonyl (C=O) groups is 2. The molecule has 1 heterocycles. The van der Waals surface area contributed by atoms with Crippen LogP contribution >= 0.6 is 0 Å². The summed E-state index contributed by atoms with van der Waals surface area (Å²) < 4.78 is 0. The summed E-state index contributed by atoms with van der Waals surface area (Å²) in [5.74, 6) is 1.31. The summed E-state index contributed by atoms with van der Waals surface area (Å²) in [6, 6.07) is 0. The molecule has 4 aliphatic rings. The molecule has 0 aromatic carbocycles. The van der Waals surface area contributed by atoms with Gasteiger partial charge in [-0.2, -0.15) is 0 Å². The molecule has 8 nitrogen and oxygen atoms in total. The Balaban J connectivity index is 1.19. The van der Waals surface area contributed by atoms with Gasteiger partial charge in [-0.15, -0.1) is 0 Å². The summed E-state index contributed by atoms with van der Waals surface area (Å²) in [6.45, 7) is 6.59. The van der Waals surface area contributed by atoms with Crippen LogP contribution in [-0.4, -0.2) is 51.2 Å². The van der Waals surface area contributed by atoms with E-state index in [2.05, 4.69) is 40.4 Å². The summed E-state index contributed by atoms with van der Waals surface area (Å²) in [6.07, 6.45) is 13.8. The van der Waals surface area contributed by atoms with Crippen molar-refractivity contribution >= 4 is 17.4 Å². The molecular weight excluding hydrogens is 456 g/mol. The molecule has 0 bridgehead atoms. The number of nitrogens with zero attached hydrogens (tertiary/aromatic N) is 2. The Bertz CT molecular complexity index is 1070. The fraction of sp³-hybridized carbons (Fsp3) is 0.714. The molecule has 0 radical (unpaired) electrons. The first kappa shape index (κ1) is 25.2. The molecule has 4 aliphatic carbocycles. The first-order valence-corrected chi connectivity index (χ1v) is 13.5. The number of Topliss-reactive ketones (excluding diaryl/α,β-unsaturated/α-hetero) is 1. The van der Waals surface area contributed by atoms with E-state index >= 15 is 0 Å². The average Bonchev–Trinajstić information content (AvgIpc) is 3.46. The van der Waals surface area contributed by atoms with Crippen molar-refractivity contribution in [3.05, 3.63) is 29.9 Å². The Morgan fingerprint density at radius 1 is 1.19 bits per heavy atom. The number of nitrogens with one attached hydrogen (secondary N) is 2. The number of amides is 1. The number of aliphatic hydroxyl groups is 1. The second-order valence-electron chi connectivity index (χ2n) is 11.9. The zero-order valence-corrected chi connectivity index (χ0v) is 21.8. The number of fused-ring (bicyclic) bond motifs is 5. The predicted octanol–water partition coefficient (Wildman–Crippen LogP) is 3.72. The molecular formula is C28H40N4O4. The van der Waals surface area contributed by atoms with Gasteiger partial charge in [-0.1, -0.05) is 24.6 Å². The fourth-order valence-corrected chi connectivity index (χ4v) is 8.22. The smallest absolute Gasteiger partial charge is 0.260 e. The SMILES string of the molecule is CC(=O)[C@@]1(O)CCC2C3CCC4=C/C(=N\OCC(=O)NCCc5cnc[nH]5)CC[C@]4(C)C3CC[C@@]21C. The van der Waals surface area contributed by atoms with Crippen molar-refractivity contribution in [2.45, 2.75) is 84.2 Å². The number of aromatic amines is 1. The van der Waals surface area contributed by atoms with Crippen molar-refractivity contribution in [3.63, 3.8) is 0 Å². The van der Waals surface area contributed by atoms with E-state index in [0.29, 0.717) is 37.1 Å². The van der Waals surface area contributed by atoms with Crippen LogP contribution in [0.25, 0.3) is 0 Å². The van der Waals surface area contributed by atoms with Crippen LogP contribution in [-0.2, 0) is 20.8 Å². The molecule has 36 heavy (non-hydrogen) atoms. The van der Waals surface area contributed by atoms with Gasteiger partial charge < -0.3 is 20.2 Å². The van der Waals surface area contributed by atoms with Crippen molar-refractivity contribution in [1.82, 2.24) is 15.3 Å². The zero-order valence-electron chi connectivity index (χ0n) is 21.8. The maximum absolute atomic E-state index is 12.4. The van der Waals surface area contributed by atoms with Gasteiger partial charge in [0, 0.05) is 30.3 Å². The third kappa shape index (κ3) is 4.11. The number of imidazole rings is 1. The molecule has 8 heteroatoms. The van der Waals surface area contributed by atoms with Crippen LogP contribution in [0, 0.1) is 28.6 Å². The lowest BCUT2D eigenvalue weighted by atomic mass is 9.46. The highest BCUT2D eigenvalue weighted by atomic mass is 16.6. The number of H-pyrrole nitrogens is 1. The van der Waals surface area contributed by atoms with Crippen LogP contribution in [0.1, 0.15) is 77.8 Å².